The summed E-state index contributed by atoms with van der Waals surface area (Å²) in [6.45, 7) is 2.52. The van der Waals surface area contributed by atoms with Crippen molar-refractivity contribution >= 4 is 10.8 Å². The summed E-state index contributed by atoms with van der Waals surface area (Å²) < 4.78 is 5.74. The van der Waals surface area contributed by atoms with E-state index in [1.54, 1.807) is 6.20 Å². The number of ether oxygens (including phenoxy) is 1. The van der Waals surface area contributed by atoms with Crippen molar-refractivity contribution in [2.45, 2.75) is 6.10 Å². The molecule has 0 aliphatic carbocycles. The molecule has 1 saturated heterocycles. The Labute approximate surface area is 93.7 Å². The molecule has 1 aliphatic rings. The third-order valence-corrected chi connectivity index (χ3v) is 2.87. The number of rotatable bonds is 1. The van der Waals surface area contributed by atoms with Gasteiger partial charge in [0.1, 0.15) is 0 Å². The highest BCUT2D eigenvalue weighted by molar-refractivity contribution is 5.84. The zero-order valence-electron chi connectivity index (χ0n) is 8.89. The van der Waals surface area contributed by atoms with Crippen LogP contribution >= 0.6 is 0 Å². The predicted octanol–water partition coefficient (Wildman–Crippen LogP) is 1.29. The Morgan fingerprint density at radius 2 is 2.25 bits per heavy atom. The maximum atomic E-state index is 5.74. The van der Waals surface area contributed by atoms with Crippen molar-refractivity contribution in [1.82, 2.24) is 15.3 Å². The van der Waals surface area contributed by atoms with Gasteiger partial charge in [-0.2, -0.15) is 0 Å². The summed E-state index contributed by atoms with van der Waals surface area (Å²) in [5.41, 5.74) is 1.12. The number of morpholine rings is 1. The Balaban J connectivity index is 2.08. The van der Waals surface area contributed by atoms with Crippen molar-refractivity contribution in [3.8, 4) is 0 Å². The Bertz CT molecular complexity index is 489. The van der Waals surface area contributed by atoms with Crippen molar-refractivity contribution in [1.29, 1.82) is 0 Å². The molecule has 1 unspecified atom stereocenters. The third-order valence-electron chi connectivity index (χ3n) is 2.87. The number of hydrogen-bond acceptors (Lipinski definition) is 4. The minimum absolute atomic E-state index is 0.0918. The zero-order chi connectivity index (χ0) is 10.8. The lowest BCUT2D eigenvalue weighted by molar-refractivity contribution is 0.0284. The van der Waals surface area contributed by atoms with Gasteiger partial charge in [-0.05, 0) is 6.07 Å². The van der Waals surface area contributed by atoms with Gasteiger partial charge < -0.3 is 10.1 Å². The van der Waals surface area contributed by atoms with Crippen molar-refractivity contribution in [2.75, 3.05) is 19.7 Å². The van der Waals surface area contributed by atoms with Crippen LogP contribution in [0.4, 0.5) is 0 Å². The molecule has 0 radical (unpaired) electrons. The van der Waals surface area contributed by atoms with E-state index in [4.69, 9.17) is 4.74 Å². The van der Waals surface area contributed by atoms with E-state index in [-0.39, 0.29) is 6.10 Å². The SMILES string of the molecule is c1cc2cncc(C3CNCCO3)c2cn1. The van der Waals surface area contributed by atoms with Gasteiger partial charge in [-0.3, -0.25) is 9.97 Å². The molecule has 3 rings (SSSR count). The standard InChI is InChI=1S/C12H13N3O/c1-2-13-6-10-9(1)5-15-7-11(10)12-8-14-3-4-16-12/h1-2,5-7,12,14H,3-4,8H2. The van der Waals surface area contributed by atoms with E-state index >= 15 is 0 Å². The molecule has 2 aromatic heterocycles. The first-order valence-corrected chi connectivity index (χ1v) is 5.45. The summed E-state index contributed by atoms with van der Waals surface area (Å²) in [5, 5.41) is 5.57. The van der Waals surface area contributed by atoms with Gasteiger partial charge in [-0.15, -0.1) is 0 Å². The van der Waals surface area contributed by atoms with E-state index < -0.39 is 0 Å². The van der Waals surface area contributed by atoms with Crippen LogP contribution in [0.25, 0.3) is 10.8 Å². The number of aromatic nitrogens is 2. The van der Waals surface area contributed by atoms with Gasteiger partial charge in [-0.25, -0.2) is 0 Å². The highest BCUT2D eigenvalue weighted by atomic mass is 16.5. The summed E-state index contributed by atoms with van der Waals surface area (Å²) in [5.74, 6) is 0. The predicted molar refractivity (Wildman–Crippen MR) is 61.1 cm³/mol. The van der Waals surface area contributed by atoms with Crippen LogP contribution in [0.5, 0.6) is 0 Å². The van der Waals surface area contributed by atoms with Crippen LogP contribution in [0.2, 0.25) is 0 Å². The minimum Gasteiger partial charge on any atom is -0.371 e. The highest BCUT2D eigenvalue weighted by Gasteiger charge is 2.18. The maximum absolute atomic E-state index is 5.74. The van der Waals surface area contributed by atoms with Crippen LogP contribution in [0, 0.1) is 0 Å². The second-order valence-electron chi connectivity index (χ2n) is 3.89. The molecule has 16 heavy (non-hydrogen) atoms. The first-order chi connectivity index (χ1) is 7.95. The average molecular weight is 215 g/mol. The molecule has 82 valence electrons. The molecule has 3 heterocycles. The average Bonchev–Trinajstić information content (AvgIpc) is 2.39. The van der Waals surface area contributed by atoms with Crippen LogP contribution in [0.3, 0.4) is 0 Å². The van der Waals surface area contributed by atoms with E-state index in [2.05, 4.69) is 15.3 Å². The molecule has 1 aliphatic heterocycles. The number of nitrogens with one attached hydrogen (secondary N) is 1. The monoisotopic (exact) mass is 215 g/mol. The molecule has 1 fully saturated rings. The summed E-state index contributed by atoms with van der Waals surface area (Å²) >= 11 is 0. The minimum atomic E-state index is 0.0918. The number of fused-ring (bicyclic) bond motifs is 1. The molecule has 1 N–H and O–H groups in total. The second kappa shape index (κ2) is 4.15. The Kier molecular flexibility index (Phi) is 2.52. The third kappa shape index (κ3) is 1.66. The lowest BCUT2D eigenvalue weighted by atomic mass is 10.0. The fourth-order valence-electron chi connectivity index (χ4n) is 2.05. The van der Waals surface area contributed by atoms with E-state index in [0.29, 0.717) is 0 Å². The molecule has 0 amide bonds. The first-order valence-electron chi connectivity index (χ1n) is 5.45. The smallest absolute Gasteiger partial charge is 0.0971 e. The Morgan fingerprint density at radius 3 is 3.12 bits per heavy atom. The van der Waals surface area contributed by atoms with Crippen LogP contribution < -0.4 is 5.32 Å². The fourth-order valence-corrected chi connectivity index (χ4v) is 2.05. The van der Waals surface area contributed by atoms with Crippen LogP contribution in [-0.2, 0) is 4.74 Å². The largest absolute Gasteiger partial charge is 0.371 e. The van der Waals surface area contributed by atoms with E-state index in [0.717, 1.165) is 36.0 Å². The molecule has 0 aromatic carbocycles. The highest BCUT2D eigenvalue weighted by Crippen LogP contribution is 2.25. The van der Waals surface area contributed by atoms with Gasteiger partial charge in [-0.1, -0.05) is 0 Å². The van der Waals surface area contributed by atoms with Crippen molar-refractivity contribution in [3.05, 3.63) is 36.4 Å². The molecule has 0 bridgehead atoms. The molecular weight excluding hydrogens is 202 g/mol. The molecule has 2 aromatic rings. The lowest BCUT2D eigenvalue weighted by Crippen LogP contribution is -2.33. The quantitative estimate of drug-likeness (QED) is 0.778. The topological polar surface area (TPSA) is 47.0 Å². The fraction of sp³-hybridized carbons (Fsp3) is 0.333. The molecule has 4 nitrogen and oxygen atoms in total. The summed E-state index contributed by atoms with van der Waals surface area (Å²) in [6.07, 6.45) is 7.49. The summed E-state index contributed by atoms with van der Waals surface area (Å²) in [6, 6.07) is 1.97. The molecule has 1 atom stereocenters. The summed E-state index contributed by atoms with van der Waals surface area (Å²) in [4.78, 5) is 8.42. The van der Waals surface area contributed by atoms with E-state index in [1.165, 1.54) is 0 Å². The van der Waals surface area contributed by atoms with Crippen molar-refractivity contribution in [3.63, 3.8) is 0 Å². The van der Waals surface area contributed by atoms with Crippen LogP contribution in [0.1, 0.15) is 11.7 Å². The molecule has 0 saturated carbocycles. The summed E-state index contributed by atoms with van der Waals surface area (Å²) in [7, 11) is 0. The van der Waals surface area contributed by atoms with Gasteiger partial charge in [0.2, 0.25) is 0 Å². The molecule has 4 heteroatoms. The molecule has 0 spiro atoms. The molecular formula is C12H13N3O. The second-order valence-corrected chi connectivity index (χ2v) is 3.89. The van der Waals surface area contributed by atoms with Gasteiger partial charge >= 0.3 is 0 Å². The van der Waals surface area contributed by atoms with E-state index in [1.807, 2.05) is 24.7 Å². The van der Waals surface area contributed by atoms with Crippen LogP contribution in [0.15, 0.2) is 30.9 Å². The number of hydrogen-bond donors (Lipinski definition) is 1. The van der Waals surface area contributed by atoms with Gasteiger partial charge in [0, 0.05) is 54.2 Å². The normalized spacial score (nSPS) is 21.1. The van der Waals surface area contributed by atoms with Crippen LogP contribution in [-0.4, -0.2) is 29.7 Å². The Morgan fingerprint density at radius 1 is 1.25 bits per heavy atom. The zero-order valence-corrected chi connectivity index (χ0v) is 8.89. The van der Waals surface area contributed by atoms with Gasteiger partial charge in [0.15, 0.2) is 0 Å². The number of pyridine rings is 2. The number of nitrogens with zero attached hydrogens (tertiary/aromatic N) is 2. The Hall–Kier alpha value is -1.52. The first kappa shape index (κ1) is 9.69. The van der Waals surface area contributed by atoms with Crippen molar-refractivity contribution in [2.24, 2.45) is 0 Å². The van der Waals surface area contributed by atoms with E-state index in [9.17, 15) is 0 Å². The van der Waals surface area contributed by atoms with Crippen molar-refractivity contribution < 1.29 is 4.74 Å². The maximum Gasteiger partial charge on any atom is 0.0971 e. The van der Waals surface area contributed by atoms with Gasteiger partial charge in [0.05, 0.1) is 12.7 Å². The van der Waals surface area contributed by atoms with Gasteiger partial charge in [0.25, 0.3) is 0 Å². The lowest BCUT2D eigenvalue weighted by Gasteiger charge is -2.24.